The lowest BCUT2D eigenvalue weighted by Gasteiger charge is -2.35. The molecule has 0 saturated carbocycles. The smallest absolute Gasteiger partial charge is 0.231 e. The number of carbonyl (C=O) groups is 1. The molecule has 2 aliphatic rings. The number of rotatable bonds is 5. The maximum absolute atomic E-state index is 11.2. The zero-order valence-electron chi connectivity index (χ0n) is 12.0. The van der Waals surface area contributed by atoms with Gasteiger partial charge in [-0.15, -0.1) is 0 Å². The summed E-state index contributed by atoms with van der Waals surface area (Å²) in [4.78, 5) is 13.5. The second-order valence-electron chi connectivity index (χ2n) is 5.50. The molecule has 0 bridgehead atoms. The van der Waals surface area contributed by atoms with Crippen LogP contribution in [-0.2, 0) is 11.2 Å². The molecule has 3 rings (SSSR count). The van der Waals surface area contributed by atoms with Gasteiger partial charge in [0.1, 0.15) is 0 Å². The van der Waals surface area contributed by atoms with Crippen molar-refractivity contribution in [1.82, 2.24) is 10.2 Å². The Kier molecular flexibility index (Phi) is 4.26. The number of benzene rings is 1. The molecule has 0 aliphatic carbocycles. The van der Waals surface area contributed by atoms with Crippen molar-refractivity contribution in [3.8, 4) is 11.5 Å². The molecule has 2 heterocycles. The van der Waals surface area contributed by atoms with E-state index in [2.05, 4.69) is 16.3 Å². The predicted octanol–water partition coefficient (Wildman–Crippen LogP) is 0.107. The number of nitrogens with one attached hydrogen (secondary N) is 1. The van der Waals surface area contributed by atoms with Crippen LogP contribution in [0.4, 0.5) is 0 Å². The molecule has 1 fully saturated rings. The van der Waals surface area contributed by atoms with E-state index in [9.17, 15) is 4.79 Å². The van der Waals surface area contributed by atoms with Crippen molar-refractivity contribution in [2.45, 2.75) is 18.9 Å². The van der Waals surface area contributed by atoms with Crippen molar-refractivity contribution in [3.05, 3.63) is 23.8 Å². The standard InChI is InChI=1S/C15H21N3O3/c16-15(19)8-12-9-17-4-6-18(12)5-3-11-1-2-13-14(7-11)21-10-20-13/h1-2,7,12,17H,3-6,8-10H2,(H2,16,19). The lowest BCUT2D eigenvalue weighted by atomic mass is 10.1. The molecule has 2 aliphatic heterocycles. The summed E-state index contributed by atoms with van der Waals surface area (Å²) in [6.45, 7) is 3.94. The van der Waals surface area contributed by atoms with Crippen LogP contribution in [0.5, 0.6) is 11.5 Å². The molecule has 1 saturated heterocycles. The summed E-state index contributed by atoms with van der Waals surface area (Å²) in [7, 11) is 0. The summed E-state index contributed by atoms with van der Waals surface area (Å²) in [5, 5.41) is 3.32. The fourth-order valence-electron chi connectivity index (χ4n) is 2.90. The Morgan fingerprint density at radius 2 is 2.24 bits per heavy atom. The highest BCUT2D eigenvalue weighted by atomic mass is 16.7. The van der Waals surface area contributed by atoms with Crippen LogP contribution < -0.4 is 20.5 Å². The van der Waals surface area contributed by atoms with Crippen molar-refractivity contribution in [1.29, 1.82) is 0 Å². The van der Waals surface area contributed by atoms with E-state index in [0.717, 1.165) is 44.1 Å². The number of nitrogens with zero attached hydrogens (tertiary/aromatic N) is 1. The zero-order valence-corrected chi connectivity index (χ0v) is 12.0. The Morgan fingerprint density at radius 3 is 3.10 bits per heavy atom. The molecular weight excluding hydrogens is 270 g/mol. The third-order valence-electron chi connectivity index (χ3n) is 4.03. The SMILES string of the molecule is NC(=O)CC1CNCCN1CCc1ccc2c(c1)OCO2. The normalized spacial score (nSPS) is 21.4. The average Bonchev–Trinajstić information content (AvgIpc) is 2.93. The summed E-state index contributed by atoms with van der Waals surface area (Å²) < 4.78 is 10.7. The molecule has 21 heavy (non-hydrogen) atoms. The molecule has 114 valence electrons. The van der Waals surface area contributed by atoms with E-state index in [1.807, 2.05) is 12.1 Å². The molecule has 1 aromatic carbocycles. The number of fused-ring (bicyclic) bond motifs is 1. The Balaban J connectivity index is 1.59. The Labute approximate surface area is 124 Å². The Bertz CT molecular complexity index is 521. The number of amides is 1. The molecule has 1 unspecified atom stereocenters. The molecule has 6 nitrogen and oxygen atoms in total. The summed E-state index contributed by atoms with van der Waals surface area (Å²) in [5.41, 5.74) is 6.55. The van der Waals surface area contributed by atoms with Gasteiger partial charge in [0.25, 0.3) is 0 Å². The maximum Gasteiger partial charge on any atom is 0.231 e. The Morgan fingerprint density at radius 1 is 1.38 bits per heavy atom. The minimum atomic E-state index is -0.239. The second-order valence-corrected chi connectivity index (χ2v) is 5.50. The number of hydrogen-bond acceptors (Lipinski definition) is 5. The molecule has 0 radical (unpaired) electrons. The van der Waals surface area contributed by atoms with Crippen LogP contribution in [0.15, 0.2) is 18.2 Å². The number of ether oxygens (including phenoxy) is 2. The van der Waals surface area contributed by atoms with Crippen molar-refractivity contribution in [2.75, 3.05) is 33.0 Å². The summed E-state index contributed by atoms with van der Waals surface area (Å²) in [5.74, 6) is 1.39. The van der Waals surface area contributed by atoms with Gasteiger partial charge in [0, 0.05) is 38.6 Å². The van der Waals surface area contributed by atoms with Gasteiger partial charge in [0.15, 0.2) is 11.5 Å². The van der Waals surface area contributed by atoms with Gasteiger partial charge in [0.2, 0.25) is 12.7 Å². The fraction of sp³-hybridized carbons (Fsp3) is 0.533. The van der Waals surface area contributed by atoms with E-state index >= 15 is 0 Å². The van der Waals surface area contributed by atoms with E-state index in [1.165, 1.54) is 5.56 Å². The van der Waals surface area contributed by atoms with Crippen molar-refractivity contribution in [3.63, 3.8) is 0 Å². The summed E-state index contributed by atoms with van der Waals surface area (Å²) in [6, 6.07) is 6.26. The monoisotopic (exact) mass is 291 g/mol. The van der Waals surface area contributed by atoms with Crippen LogP contribution in [-0.4, -0.2) is 49.8 Å². The van der Waals surface area contributed by atoms with Crippen molar-refractivity contribution < 1.29 is 14.3 Å². The summed E-state index contributed by atoms with van der Waals surface area (Å²) >= 11 is 0. The van der Waals surface area contributed by atoms with Crippen LogP contribution in [0, 0.1) is 0 Å². The fourth-order valence-corrected chi connectivity index (χ4v) is 2.90. The molecule has 1 amide bonds. The van der Waals surface area contributed by atoms with E-state index in [1.54, 1.807) is 0 Å². The number of carbonyl (C=O) groups excluding carboxylic acids is 1. The number of primary amides is 1. The highest BCUT2D eigenvalue weighted by molar-refractivity contribution is 5.74. The largest absolute Gasteiger partial charge is 0.454 e. The van der Waals surface area contributed by atoms with Crippen LogP contribution in [0.3, 0.4) is 0 Å². The van der Waals surface area contributed by atoms with Crippen LogP contribution in [0.25, 0.3) is 0 Å². The number of piperazine rings is 1. The summed E-state index contributed by atoms with van der Waals surface area (Å²) in [6.07, 6.45) is 1.33. The van der Waals surface area contributed by atoms with E-state index in [-0.39, 0.29) is 11.9 Å². The minimum absolute atomic E-state index is 0.199. The van der Waals surface area contributed by atoms with Gasteiger partial charge in [-0.05, 0) is 24.1 Å². The highest BCUT2D eigenvalue weighted by Crippen LogP contribution is 2.32. The van der Waals surface area contributed by atoms with Gasteiger partial charge < -0.3 is 20.5 Å². The van der Waals surface area contributed by atoms with Gasteiger partial charge in [-0.25, -0.2) is 0 Å². The molecule has 3 N–H and O–H groups in total. The first kappa shape index (κ1) is 14.2. The molecule has 0 spiro atoms. The van der Waals surface area contributed by atoms with Gasteiger partial charge >= 0.3 is 0 Å². The van der Waals surface area contributed by atoms with Gasteiger partial charge in [-0.1, -0.05) is 6.07 Å². The van der Waals surface area contributed by atoms with Crippen molar-refractivity contribution >= 4 is 5.91 Å². The third kappa shape index (κ3) is 3.46. The van der Waals surface area contributed by atoms with E-state index < -0.39 is 0 Å². The van der Waals surface area contributed by atoms with Crippen molar-refractivity contribution in [2.24, 2.45) is 5.73 Å². The third-order valence-corrected chi connectivity index (χ3v) is 4.03. The second kappa shape index (κ2) is 6.32. The molecular formula is C15H21N3O3. The Hall–Kier alpha value is -1.79. The number of nitrogens with two attached hydrogens (primary N) is 1. The van der Waals surface area contributed by atoms with E-state index in [0.29, 0.717) is 13.2 Å². The predicted molar refractivity (Wildman–Crippen MR) is 78.3 cm³/mol. The molecule has 0 aromatic heterocycles. The van der Waals surface area contributed by atoms with Gasteiger partial charge in [-0.3, -0.25) is 9.69 Å². The first-order chi connectivity index (χ1) is 10.2. The highest BCUT2D eigenvalue weighted by Gasteiger charge is 2.23. The molecule has 6 heteroatoms. The first-order valence-electron chi connectivity index (χ1n) is 7.34. The lowest BCUT2D eigenvalue weighted by Crippen LogP contribution is -2.53. The van der Waals surface area contributed by atoms with Crippen LogP contribution in [0.1, 0.15) is 12.0 Å². The quantitative estimate of drug-likeness (QED) is 0.805. The van der Waals surface area contributed by atoms with Gasteiger partial charge in [0.05, 0.1) is 0 Å². The van der Waals surface area contributed by atoms with Crippen LogP contribution in [0.2, 0.25) is 0 Å². The van der Waals surface area contributed by atoms with Crippen LogP contribution >= 0.6 is 0 Å². The van der Waals surface area contributed by atoms with E-state index in [4.69, 9.17) is 15.2 Å². The van der Waals surface area contributed by atoms with Gasteiger partial charge in [-0.2, -0.15) is 0 Å². The topological polar surface area (TPSA) is 76.8 Å². The first-order valence-corrected chi connectivity index (χ1v) is 7.34. The average molecular weight is 291 g/mol. The molecule has 1 atom stereocenters. The number of hydrogen-bond donors (Lipinski definition) is 2. The minimum Gasteiger partial charge on any atom is -0.454 e. The zero-order chi connectivity index (χ0) is 14.7. The lowest BCUT2D eigenvalue weighted by molar-refractivity contribution is -0.119. The maximum atomic E-state index is 11.2. The molecule has 1 aromatic rings.